The number of carbonyl (C=O) groups is 5. The summed E-state index contributed by atoms with van der Waals surface area (Å²) in [6.45, 7) is 21.6. The number of carbonyl (C=O) groups excluding carboxylic acids is 5. The average molecular weight is 744 g/mol. The van der Waals surface area contributed by atoms with Crippen molar-refractivity contribution >= 4 is 41.1 Å². The molecule has 1 aliphatic heterocycles. The minimum Gasteiger partial charge on any atom is -0.459 e. The summed E-state index contributed by atoms with van der Waals surface area (Å²) < 4.78 is 23.9. The Morgan fingerprint density at radius 3 is 2.00 bits per heavy atom. The fourth-order valence-corrected chi connectivity index (χ4v) is 6.06. The molecule has 0 spiro atoms. The van der Waals surface area contributed by atoms with Gasteiger partial charge in [-0.05, 0) is 120 Å². The monoisotopic (exact) mass is 743 g/mol. The number of hydrogen-bond acceptors (Lipinski definition) is 10. The van der Waals surface area contributed by atoms with Crippen LogP contribution >= 0.6 is 0 Å². The lowest BCUT2D eigenvalue weighted by Gasteiger charge is -2.44. The molecule has 1 aliphatic rings. The van der Waals surface area contributed by atoms with Crippen LogP contribution in [-0.4, -0.2) is 99.8 Å². The second-order valence-corrected chi connectivity index (χ2v) is 17.5. The number of esters is 1. The maximum Gasteiger partial charge on any atom is 0.419 e. The number of rotatable bonds is 11. The van der Waals surface area contributed by atoms with Crippen molar-refractivity contribution in [1.29, 1.82) is 0 Å². The van der Waals surface area contributed by atoms with Gasteiger partial charge in [0.25, 0.3) is 0 Å². The fraction of sp³-hybridized carbons (Fsp3) is 0.667. The summed E-state index contributed by atoms with van der Waals surface area (Å²) in [6.07, 6.45) is 1.63. The van der Waals surface area contributed by atoms with E-state index in [0.29, 0.717) is 31.3 Å². The molecule has 0 unspecified atom stereocenters. The SMILES string of the molecule is CC(C)(C)OC(=O)CN1[C@@H](CCCCNC(=O)OC(C)(C)C)C(=O)NC[C@H]1[C@H](Cc1cn(C(=O)OC(C)(C)C)c2ccccc12)NC(=O)OC(C)(C)C. The summed E-state index contributed by atoms with van der Waals surface area (Å²) in [5, 5.41) is 9.56. The predicted molar refractivity (Wildman–Crippen MR) is 202 cm³/mol. The van der Waals surface area contributed by atoms with Gasteiger partial charge < -0.3 is 34.9 Å². The van der Waals surface area contributed by atoms with E-state index in [1.807, 2.05) is 24.3 Å². The standard InChI is InChI=1S/C39H61N5O9/c1-36(2,3)50-31(45)24-43-29(19-15-16-20-40-33(47)51-37(4,5)6)32(46)41-22-30(43)27(42-34(48)52-38(7,8)9)21-25-23-44(35(49)53-39(10,11)12)28-18-14-13-17-26(25)28/h13-14,17-18,23,27,29-30H,15-16,19-22,24H2,1-12H3,(H,40,47)(H,41,46)(H,42,48)/t27-,29-,30-/m0/s1. The Balaban J connectivity index is 2.00. The van der Waals surface area contributed by atoms with Crippen molar-refractivity contribution in [3.05, 3.63) is 36.0 Å². The van der Waals surface area contributed by atoms with Gasteiger partial charge in [0.1, 0.15) is 22.4 Å². The Hall–Kier alpha value is -4.33. The van der Waals surface area contributed by atoms with Gasteiger partial charge in [0.2, 0.25) is 5.91 Å². The molecular formula is C39H61N5O9. The second-order valence-electron chi connectivity index (χ2n) is 17.5. The summed E-state index contributed by atoms with van der Waals surface area (Å²) in [5.74, 6) is -0.784. The summed E-state index contributed by atoms with van der Waals surface area (Å²) in [4.78, 5) is 67.7. The smallest absolute Gasteiger partial charge is 0.419 e. The number of benzene rings is 1. The first-order chi connectivity index (χ1) is 24.3. The van der Waals surface area contributed by atoms with Crippen LogP contribution in [0.4, 0.5) is 14.4 Å². The van der Waals surface area contributed by atoms with Crippen molar-refractivity contribution in [2.75, 3.05) is 19.6 Å². The number of alkyl carbamates (subject to hydrolysis) is 2. The minimum absolute atomic E-state index is 0.115. The average Bonchev–Trinajstić information content (AvgIpc) is 3.33. The zero-order valence-electron chi connectivity index (χ0n) is 33.6. The van der Waals surface area contributed by atoms with E-state index < -0.39 is 64.8 Å². The summed E-state index contributed by atoms with van der Waals surface area (Å²) >= 11 is 0. The van der Waals surface area contributed by atoms with Gasteiger partial charge >= 0.3 is 24.2 Å². The van der Waals surface area contributed by atoms with Crippen LogP contribution in [0, 0.1) is 0 Å². The highest BCUT2D eigenvalue weighted by molar-refractivity contribution is 5.92. The lowest BCUT2D eigenvalue weighted by molar-refractivity contribution is -0.159. The largest absolute Gasteiger partial charge is 0.459 e. The van der Waals surface area contributed by atoms with Crippen LogP contribution in [-0.2, 0) is 35.0 Å². The van der Waals surface area contributed by atoms with Gasteiger partial charge in [0.05, 0.1) is 24.1 Å². The Labute approximate surface area is 314 Å². The van der Waals surface area contributed by atoms with Crippen LogP contribution in [0.5, 0.6) is 0 Å². The maximum absolute atomic E-state index is 13.5. The van der Waals surface area contributed by atoms with E-state index in [9.17, 15) is 24.0 Å². The van der Waals surface area contributed by atoms with E-state index in [4.69, 9.17) is 18.9 Å². The number of aromatic nitrogens is 1. The quantitative estimate of drug-likeness (QED) is 0.140. The van der Waals surface area contributed by atoms with Crippen molar-refractivity contribution in [1.82, 2.24) is 25.4 Å². The number of ether oxygens (including phenoxy) is 4. The molecule has 1 fully saturated rings. The summed E-state index contributed by atoms with van der Waals surface area (Å²) in [5.41, 5.74) is -1.55. The van der Waals surface area contributed by atoms with Crippen molar-refractivity contribution in [3.8, 4) is 0 Å². The number of nitrogens with zero attached hydrogens (tertiary/aromatic N) is 2. The zero-order valence-corrected chi connectivity index (χ0v) is 33.6. The molecule has 3 amide bonds. The summed E-state index contributed by atoms with van der Waals surface area (Å²) in [7, 11) is 0. The van der Waals surface area contributed by atoms with Crippen molar-refractivity contribution in [2.24, 2.45) is 0 Å². The Kier molecular flexibility index (Phi) is 14.0. The molecule has 3 N–H and O–H groups in total. The van der Waals surface area contributed by atoms with Crippen molar-refractivity contribution in [2.45, 2.75) is 149 Å². The predicted octanol–water partition coefficient (Wildman–Crippen LogP) is 6.07. The number of para-hydroxylation sites is 1. The summed E-state index contributed by atoms with van der Waals surface area (Å²) in [6, 6.07) is 5.35. The minimum atomic E-state index is -0.797. The van der Waals surface area contributed by atoms with E-state index in [-0.39, 0.29) is 25.4 Å². The molecule has 3 rings (SSSR count). The van der Waals surface area contributed by atoms with Gasteiger partial charge in [-0.25, -0.2) is 14.4 Å². The van der Waals surface area contributed by atoms with E-state index in [1.165, 1.54) is 4.57 Å². The number of amides is 3. The number of hydrogen-bond donors (Lipinski definition) is 3. The molecule has 0 saturated carbocycles. The van der Waals surface area contributed by atoms with Gasteiger partial charge in [0, 0.05) is 30.7 Å². The van der Waals surface area contributed by atoms with E-state index >= 15 is 0 Å². The highest BCUT2D eigenvalue weighted by atomic mass is 16.6. The first-order valence-electron chi connectivity index (χ1n) is 18.4. The lowest BCUT2D eigenvalue weighted by Crippen LogP contribution is -2.67. The normalized spacial score (nSPS) is 17.8. The molecular weight excluding hydrogens is 682 g/mol. The van der Waals surface area contributed by atoms with Crippen LogP contribution in [0.2, 0.25) is 0 Å². The molecule has 53 heavy (non-hydrogen) atoms. The third-order valence-electron chi connectivity index (χ3n) is 7.91. The van der Waals surface area contributed by atoms with Crippen LogP contribution < -0.4 is 16.0 Å². The molecule has 3 atom stereocenters. The van der Waals surface area contributed by atoms with Crippen LogP contribution in [0.15, 0.2) is 30.5 Å². The number of piperazine rings is 1. The van der Waals surface area contributed by atoms with Gasteiger partial charge in [-0.1, -0.05) is 18.2 Å². The maximum atomic E-state index is 13.5. The first-order valence-corrected chi connectivity index (χ1v) is 18.4. The Morgan fingerprint density at radius 2 is 1.40 bits per heavy atom. The van der Waals surface area contributed by atoms with Crippen LogP contribution in [0.1, 0.15) is 108 Å². The fourth-order valence-electron chi connectivity index (χ4n) is 6.06. The number of unbranched alkanes of at least 4 members (excludes halogenated alkanes) is 1. The Morgan fingerprint density at radius 1 is 0.811 bits per heavy atom. The molecule has 0 radical (unpaired) electrons. The molecule has 1 saturated heterocycles. The highest BCUT2D eigenvalue weighted by Crippen LogP contribution is 2.28. The van der Waals surface area contributed by atoms with Gasteiger partial charge in [-0.15, -0.1) is 0 Å². The lowest BCUT2D eigenvalue weighted by atomic mass is 9.92. The van der Waals surface area contributed by atoms with Gasteiger partial charge in [-0.2, -0.15) is 0 Å². The molecule has 0 aliphatic carbocycles. The Bertz CT molecular complexity index is 1610. The van der Waals surface area contributed by atoms with Gasteiger partial charge in [0.15, 0.2) is 0 Å². The zero-order chi connectivity index (χ0) is 39.9. The molecule has 14 nitrogen and oxygen atoms in total. The number of fused-ring (bicyclic) bond motifs is 1. The molecule has 1 aromatic carbocycles. The van der Waals surface area contributed by atoms with Crippen molar-refractivity contribution in [3.63, 3.8) is 0 Å². The molecule has 2 heterocycles. The van der Waals surface area contributed by atoms with E-state index in [2.05, 4.69) is 16.0 Å². The van der Waals surface area contributed by atoms with Crippen molar-refractivity contribution < 1.29 is 42.9 Å². The number of nitrogens with one attached hydrogen (secondary N) is 3. The molecule has 0 bridgehead atoms. The van der Waals surface area contributed by atoms with Crippen LogP contribution in [0.25, 0.3) is 10.9 Å². The molecule has 1 aromatic heterocycles. The topological polar surface area (TPSA) is 167 Å². The molecule has 296 valence electrons. The first kappa shape index (κ1) is 43.1. The molecule has 2 aromatic rings. The van der Waals surface area contributed by atoms with E-state index in [0.717, 1.165) is 10.9 Å². The van der Waals surface area contributed by atoms with Gasteiger partial charge in [-0.3, -0.25) is 19.1 Å². The highest BCUT2D eigenvalue weighted by Gasteiger charge is 2.42. The van der Waals surface area contributed by atoms with Crippen LogP contribution in [0.3, 0.4) is 0 Å². The third kappa shape index (κ3) is 14.2. The second kappa shape index (κ2) is 17.2. The van der Waals surface area contributed by atoms with E-state index in [1.54, 1.807) is 94.2 Å². The third-order valence-corrected chi connectivity index (χ3v) is 7.91. The molecule has 14 heteroatoms.